The van der Waals surface area contributed by atoms with Crippen LogP contribution in [-0.2, 0) is 4.79 Å². The molecule has 6 heteroatoms. The first kappa shape index (κ1) is 18.7. The maximum absolute atomic E-state index is 12.0. The van der Waals surface area contributed by atoms with E-state index in [1.165, 1.54) is 38.8 Å². The largest absolute Gasteiger partial charge is 0.481 e. The van der Waals surface area contributed by atoms with Gasteiger partial charge in [-0.1, -0.05) is 0 Å². The molecule has 142 valence electrons. The van der Waals surface area contributed by atoms with E-state index in [4.69, 9.17) is 5.11 Å². The van der Waals surface area contributed by atoms with Crippen molar-refractivity contribution in [3.63, 3.8) is 0 Å². The molecule has 2 aliphatic heterocycles. The third-order valence-electron chi connectivity index (χ3n) is 5.71. The van der Waals surface area contributed by atoms with E-state index in [-0.39, 0.29) is 18.9 Å². The first-order chi connectivity index (χ1) is 12.6. The predicted octanol–water partition coefficient (Wildman–Crippen LogP) is 2.11. The lowest BCUT2D eigenvalue weighted by Gasteiger charge is -2.38. The molecule has 2 aliphatic rings. The molecule has 0 aliphatic carbocycles. The van der Waals surface area contributed by atoms with E-state index in [0.29, 0.717) is 5.56 Å². The molecule has 2 saturated heterocycles. The fourth-order valence-electron chi connectivity index (χ4n) is 4.15. The number of nitrogens with zero attached hydrogens (tertiary/aromatic N) is 1. The fourth-order valence-corrected chi connectivity index (χ4v) is 4.15. The number of hydrogen-bond acceptors (Lipinski definition) is 4. The zero-order valence-electron chi connectivity index (χ0n) is 15.2. The summed E-state index contributed by atoms with van der Waals surface area (Å²) in [7, 11) is 0. The highest BCUT2D eigenvalue weighted by Gasteiger charge is 2.27. The number of anilines is 1. The molecule has 0 radical (unpaired) electrons. The van der Waals surface area contributed by atoms with Crippen molar-refractivity contribution in [3.05, 3.63) is 29.8 Å². The molecule has 1 aromatic rings. The molecule has 6 nitrogen and oxygen atoms in total. The van der Waals surface area contributed by atoms with Crippen LogP contribution in [0.4, 0.5) is 5.69 Å². The Hall–Kier alpha value is -2.08. The number of carboxylic acid groups (broad SMARTS) is 1. The minimum Gasteiger partial charge on any atom is -0.481 e. The lowest BCUT2D eigenvalue weighted by atomic mass is 9.79. The smallest absolute Gasteiger partial charge is 0.305 e. The van der Waals surface area contributed by atoms with Gasteiger partial charge in [0.25, 0.3) is 5.91 Å². The molecule has 0 unspecified atom stereocenters. The van der Waals surface area contributed by atoms with Gasteiger partial charge in [0.1, 0.15) is 0 Å². The average molecular weight is 359 g/mol. The van der Waals surface area contributed by atoms with Crippen LogP contribution in [0.15, 0.2) is 24.3 Å². The third kappa shape index (κ3) is 4.97. The van der Waals surface area contributed by atoms with Gasteiger partial charge < -0.3 is 20.6 Å². The van der Waals surface area contributed by atoms with Gasteiger partial charge in [-0.3, -0.25) is 9.59 Å². The summed E-state index contributed by atoms with van der Waals surface area (Å²) in [6, 6.07) is 7.64. The van der Waals surface area contributed by atoms with Crippen molar-refractivity contribution in [2.45, 2.75) is 32.1 Å². The minimum atomic E-state index is -0.909. The summed E-state index contributed by atoms with van der Waals surface area (Å²) >= 11 is 0. The lowest BCUT2D eigenvalue weighted by molar-refractivity contribution is -0.136. The first-order valence-electron chi connectivity index (χ1n) is 9.69. The molecule has 1 amide bonds. The van der Waals surface area contributed by atoms with Crippen LogP contribution >= 0.6 is 0 Å². The highest BCUT2D eigenvalue weighted by Crippen LogP contribution is 2.32. The second-order valence-electron chi connectivity index (χ2n) is 7.36. The summed E-state index contributed by atoms with van der Waals surface area (Å²) in [6.07, 6.45) is 5.08. The number of rotatable bonds is 6. The maximum atomic E-state index is 12.0. The highest BCUT2D eigenvalue weighted by atomic mass is 16.4. The summed E-state index contributed by atoms with van der Waals surface area (Å²) in [5.41, 5.74) is 1.74. The van der Waals surface area contributed by atoms with Gasteiger partial charge in [-0.05, 0) is 74.9 Å². The number of amides is 1. The van der Waals surface area contributed by atoms with Gasteiger partial charge in [0.05, 0.1) is 6.42 Å². The van der Waals surface area contributed by atoms with Gasteiger partial charge in [-0.15, -0.1) is 0 Å². The van der Waals surface area contributed by atoms with Crippen LogP contribution in [0, 0.1) is 11.8 Å². The van der Waals surface area contributed by atoms with E-state index in [1.54, 1.807) is 0 Å². The molecule has 3 N–H and O–H groups in total. The first-order valence-corrected chi connectivity index (χ1v) is 9.69. The summed E-state index contributed by atoms with van der Waals surface area (Å²) in [5.74, 6) is 0.610. The van der Waals surface area contributed by atoms with Crippen molar-refractivity contribution >= 4 is 17.6 Å². The van der Waals surface area contributed by atoms with Crippen molar-refractivity contribution in [1.82, 2.24) is 10.6 Å². The Morgan fingerprint density at radius 3 is 2.27 bits per heavy atom. The molecular formula is C20H29N3O3. The number of carbonyl (C=O) groups excluding carboxylic acids is 1. The Morgan fingerprint density at radius 1 is 1.04 bits per heavy atom. The molecular weight excluding hydrogens is 330 g/mol. The number of nitrogens with one attached hydrogen (secondary N) is 2. The Bertz CT molecular complexity index is 603. The summed E-state index contributed by atoms with van der Waals surface area (Å²) in [6.45, 7) is 4.65. The number of benzene rings is 1. The number of aliphatic carboxylic acids is 1. The van der Waals surface area contributed by atoms with Gasteiger partial charge in [-0.25, -0.2) is 0 Å². The van der Waals surface area contributed by atoms with E-state index in [0.717, 1.165) is 30.6 Å². The number of piperidine rings is 2. The molecule has 2 heterocycles. The van der Waals surface area contributed by atoms with E-state index >= 15 is 0 Å². The van der Waals surface area contributed by atoms with Crippen molar-refractivity contribution in [2.75, 3.05) is 37.6 Å². The van der Waals surface area contributed by atoms with E-state index in [1.807, 2.05) is 24.3 Å². The zero-order valence-corrected chi connectivity index (χ0v) is 15.2. The minimum absolute atomic E-state index is 0.0597. The number of carbonyl (C=O) groups is 2. The molecule has 0 saturated carbocycles. The second-order valence-corrected chi connectivity index (χ2v) is 7.36. The zero-order chi connectivity index (χ0) is 18.4. The molecule has 26 heavy (non-hydrogen) atoms. The standard InChI is InChI=1S/C20H29N3O3/c24-19(25)7-12-22-20(26)17-1-3-18(4-2-17)23-13-8-16(9-14-23)15-5-10-21-11-6-15/h1-4,15-16,21H,5-14H2,(H,22,26)(H,24,25). The van der Waals surface area contributed by atoms with Gasteiger partial charge in [0, 0.05) is 30.9 Å². The van der Waals surface area contributed by atoms with E-state index in [2.05, 4.69) is 15.5 Å². The quantitative estimate of drug-likeness (QED) is 0.725. The number of carboxylic acids is 1. The van der Waals surface area contributed by atoms with Crippen molar-refractivity contribution in [2.24, 2.45) is 11.8 Å². The van der Waals surface area contributed by atoms with Crippen LogP contribution in [0.3, 0.4) is 0 Å². The van der Waals surface area contributed by atoms with Crippen molar-refractivity contribution in [1.29, 1.82) is 0 Å². The SMILES string of the molecule is O=C(O)CCNC(=O)c1ccc(N2CCC(C3CCNCC3)CC2)cc1. The molecule has 0 atom stereocenters. The topological polar surface area (TPSA) is 81.7 Å². The molecule has 1 aromatic carbocycles. The summed E-state index contributed by atoms with van der Waals surface area (Å²) in [4.78, 5) is 24.9. The molecule has 0 spiro atoms. The molecule has 3 rings (SSSR count). The van der Waals surface area contributed by atoms with Crippen molar-refractivity contribution in [3.8, 4) is 0 Å². The summed E-state index contributed by atoms with van der Waals surface area (Å²) in [5, 5.41) is 14.7. The van der Waals surface area contributed by atoms with Crippen LogP contribution in [0.1, 0.15) is 42.5 Å². The van der Waals surface area contributed by atoms with Gasteiger partial charge in [0.2, 0.25) is 0 Å². The van der Waals surface area contributed by atoms with Gasteiger partial charge in [0.15, 0.2) is 0 Å². The van der Waals surface area contributed by atoms with Crippen LogP contribution in [0.5, 0.6) is 0 Å². The molecule has 0 aromatic heterocycles. The van der Waals surface area contributed by atoms with Crippen LogP contribution in [0.2, 0.25) is 0 Å². The number of hydrogen-bond donors (Lipinski definition) is 3. The van der Waals surface area contributed by atoms with Crippen LogP contribution < -0.4 is 15.5 Å². The second kappa shape index (κ2) is 9.03. The Morgan fingerprint density at radius 2 is 1.65 bits per heavy atom. The molecule has 0 bridgehead atoms. The Balaban J connectivity index is 1.48. The van der Waals surface area contributed by atoms with Crippen molar-refractivity contribution < 1.29 is 14.7 Å². The third-order valence-corrected chi connectivity index (χ3v) is 5.71. The van der Waals surface area contributed by atoms with Crippen LogP contribution in [-0.4, -0.2) is 49.7 Å². The van der Waals surface area contributed by atoms with Crippen LogP contribution in [0.25, 0.3) is 0 Å². The van der Waals surface area contributed by atoms with Gasteiger partial charge >= 0.3 is 5.97 Å². The van der Waals surface area contributed by atoms with E-state index in [9.17, 15) is 9.59 Å². The summed E-state index contributed by atoms with van der Waals surface area (Å²) < 4.78 is 0. The Kier molecular flexibility index (Phi) is 6.50. The van der Waals surface area contributed by atoms with Gasteiger partial charge in [-0.2, -0.15) is 0 Å². The highest BCUT2D eigenvalue weighted by molar-refractivity contribution is 5.94. The molecule has 2 fully saturated rings. The van der Waals surface area contributed by atoms with E-state index < -0.39 is 5.97 Å². The predicted molar refractivity (Wildman–Crippen MR) is 102 cm³/mol. The fraction of sp³-hybridized carbons (Fsp3) is 0.600. The Labute approximate surface area is 155 Å². The lowest BCUT2D eigenvalue weighted by Crippen LogP contribution is -2.39. The average Bonchev–Trinajstić information content (AvgIpc) is 2.68. The maximum Gasteiger partial charge on any atom is 0.305 e. The normalized spacial score (nSPS) is 19.3. The monoisotopic (exact) mass is 359 g/mol.